The Morgan fingerprint density at radius 1 is 1.18 bits per heavy atom. The average Bonchev–Trinajstić information content (AvgIpc) is 3.06. The van der Waals surface area contributed by atoms with Gasteiger partial charge < -0.3 is 4.90 Å². The van der Waals surface area contributed by atoms with Gasteiger partial charge in [-0.2, -0.15) is 10.4 Å². The highest BCUT2D eigenvalue weighted by atomic mass is 16.2. The summed E-state index contributed by atoms with van der Waals surface area (Å²) in [6.45, 7) is 7.41. The van der Waals surface area contributed by atoms with E-state index in [1.807, 2.05) is 74.2 Å². The average molecular weight is 372 g/mol. The molecule has 0 N–H and O–H groups in total. The van der Waals surface area contributed by atoms with Gasteiger partial charge in [0, 0.05) is 37.0 Å². The summed E-state index contributed by atoms with van der Waals surface area (Å²) in [6, 6.07) is 15.4. The molecular weight excluding hydrogens is 348 g/mol. The van der Waals surface area contributed by atoms with Gasteiger partial charge in [-0.3, -0.25) is 9.48 Å². The first-order chi connectivity index (χ1) is 13.4. The van der Waals surface area contributed by atoms with Gasteiger partial charge in [0.2, 0.25) is 0 Å². The molecule has 5 heteroatoms. The zero-order chi connectivity index (χ0) is 20.3. The molecule has 0 bridgehead atoms. The highest BCUT2D eigenvalue weighted by Crippen LogP contribution is 2.25. The van der Waals surface area contributed by atoms with E-state index >= 15 is 0 Å². The molecule has 1 heterocycles. The largest absolute Gasteiger partial charge is 0.337 e. The van der Waals surface area contributed by atoms with E-state index in [1.54, 1.807) is 4.90 Å². The highest BCUT2D eigenvalue weighted by molar-refractivity contribution is 5.94. The number of aryl methyl sites for hydroxylation is 2. The Labute approximate surface area is 165 Å². The van der Waals surface area contributed by atoms with E-state index in [2.05, 4.69) is 18.1 Å². The van der Waals surface area contributed by atoms with E-state index in [0.717, 1.165) is 34.5 Å². The Bertz CT molecular complexity index is 1040. The van der Waals surface area contributed by atoms with Crippen LogP contribution in [-0.2, 0) is 13.1 Å². The minimum atomic E-state index is -0.0215. The Morgan fingerprint density at radius 3 is 2.46 bits per heavy atom. The fraction of sp³-hybridized carbons (Fsp3) is 0.261. The topological polar surface area (TPSA) is 61.9 Å². The summed E-state index contributed by atoms with van der Waals surface area (Å²) < 4.78 is 1.93. The first-order valence-electron chi connectivity index (χ1n) is 9.32. The van der Waals surface area contributed by atoms with Gasteiger partial charge in [0.25, 0.3) is 5.91 Å². The molecular formula is C23H24N4O. The fourth-order valence-electron chi connectivity index (χ4n) is 3.36. The lowest BCUT2D eigenvalue weighted by molar-refractivity contribution is 0.0785. The van der Waals surface area contributed by atoms with Crippen LogP contribution in [0.5, 0.6) is 0 Å². The summed E-state index contributed by atoms with van der Waals surface area (Å²) in [5.41, 5.74) is 6.58. The predicted molar refractivity (Wildman–Crippen MR) is 110 cm³/mol. The summed E-state index contributed by atoms with van der Waals surface area (Å²) in [5.74, 6) is -0.0215. The van der Waals surface area contributed by atoms with Crippen LogP contribution >= 0.6 is 0 Å². The minimum Gasteiger partial charge on any atom is -0.337 e. The van der Waals surface area contributed by atoms with Crippen molar-refractivity contribution in [2.24, 2.45) is 0 Å². The Morgan fingerprint density at radius 2 is 1.89 bits per heavy atom. The lowest BCUT2D eigenvalue weighted by Gasteiger charge is -2.17. The minimum absolute atomic E-state index is 0.0215. The van der Waals surface area contributed by atoms with Gasteiger partial charge in [-0.1, -0.05) is 18.2 Å². The van der Waals surface area contributed by atoms with Crippen LogP contribution in [0.4, 0.5) is 0 Å². The number of hydrogen-bond acceptors (Lipinski definition) is 3. The second-order valence-corrected chi connectivity index (χ2v) is 6.95. The van der Waals surface area contributed by atoms with Gasteiger partial charge in [-0.25, -0.2) is 0 Å². The van der Waals surface area contributed by atoms with Gasteiger partial charge in [-0.05, 0) is 61.7 Å². The van der Waals surface area contributed by atoms with E-state index < -0.39 is 0 Å². The van der Waals surface area contributed by atoms with Crippen molar-refractivity contribution >= 4 is 5.91 Å². The molecule has 0 saturated heterocycles. The molecule has 0 radical (unpaired) electrons. The third kappa shape index (κ3) is 3.81. The van der Waals surface area contributed by atoms with E-state index in [0.29, 0.717) is 17.7 Å². The van der Waals surface area contributed by atoms with Gasteiger partial charge in [-0.15, -0.1) is 0 Å². The lowest BCUT2D eigenvalue weighted by Crippen LogP contribution is -2.26. The molecule has 2 aromatic carbocycles. The van der Waals surface area contributed by atoms with Crippen LogP contribution < -0.4 is 0 Å². The number of hydrogen-bond donors (Lipinski definition) is 0. The Kier molecular flexibility index (Phi) is 5.60. The zero-order valence-corrected chi connectivity index (χ0v) is 16.7. The Hall–Kier alpha value is -3.39. The van der Waals surface area contributed by atoms with Crippen molar-refractivity contribution in [3.05, 3.63) is 76.6 Å². The number of aromatic nitrogens is 2. The molecule has 0 aliphatic heterocycles. The molecule has 142 valence electrons. The summed E-state index contributed by atoms with van der Waals surface area (Å²) in [7, 11) is 1.81. The summed E-state index contributed by atoms with van der Waals surface area (Å²) in [6.07, 6.45) is 1.83. The lowest BCUT2D eigenvalue weighted by atomic mass is 9.97. The standard InChI is InChI=1S/C23H24N4O/c1-5-27-17(3)21(14-25-27)15-26(4)23(28)20-9-7-19(8-10-20)22-11-6-18(13-24)12-16(22)2/h6-12,14H,5,15H2,1-4H3. The van der Waals surface area contributed by atoms with Crippen LogP contribution in [0.1, 0.15) is 39.7 Å². The quantitative estimate of drug-likeness (QED) is 0.670. The summed E-state index contributed by atoms with van der Waals surface area (Å²) in [4.78, 5) is 14.5. The first-order valence-corrected chi connectivity index (χ1v) is 9.32. The fourth-order valence-corrected chi connectivity index (χ4v) is 3.36. The molecule has 0 fully saturated rings. The van der Waals surface area contributed by atoms with Crippen molar-refractivity contribution in [1.29, 1.82) is 5.26 Å². The van der Waals surface area contributed by atoms with Crippen molar-refractivity contribution in [2.75, 3.05) is 7.05 Å². The zero-order valence-electron chi connectivity index (χ0n) is 16.7. The maximum Gasteiger partial charge on any atom is 0.253 e. The van der Waals surface area contributed by atoms with E-state index in [4.69, 9.17) is 5.26 Å². The molecule has 1 amide bonds. The van der Waals surface area contributed by atoms with Gasteiger partial charge in [0.1, 0.15) is 0 Å². The monoisotopic (exact) mass is 372 g/mol. The number of amides is 1. The number of nitrogens with zero attached hydrogens (tertiary/aromatic N) is 4. The second kappa shape index (κ2) is 8.10. The predicted octanol–water partition coefficient (Wildman–Crippen LogP) is 4.33. The van der Waals surface area contributed by atoms with Crippen LogP contribution in [0, 0.1) is 25.2 Å². The Balaban J connectivity index is 1.76. The third-order valence-electron chi connectivity index (χ3n) is 5.06. The first kappa shape index (κ1) is 19.4. The number of nitriles is 1. The second-order valence-electron chi connectivity index (χ2n) is 6.95. The highest BCUT2D eigenvalue weighted by Gasteiger charge is 2.15. The normalized spacial score (nSPS) is 10.5. The molecule has 3 rings (SSSR count). The molecule has 0 saturated carbocycles. The van der Waals surface area contributed by atoms with Crippen LogP contribution in [0.25, 0.3) is 11.1 Å². The maximum atomic E-state index is 12.8. The van der Waals surface area contributed by atoms with Crippen molar-refractivity contribution in [1.82, 2.24) is 14.7 Å². The maximum absolute atomic E-state index is 12.8. The van der Waals surface area contributed by atoms with Crippen molar-refractivity contribution in [2.45, 2.75) is 33.9 Å². The van der Waals surface area contributed by atoms with Crippen molar-refractivity contribution in [3.8, 4) is 17.2 Å². The summed E-state index contributed by atoms with van der Waals surface area (Å²) in [5, 5.41) is 13.4. The van der Waals surface area contributed by atoms with Crippen LogP contribution in [0.3, 0.4) is 0 Å². The van der Waals surface area contributed by atoms with Gasteiger partial charge in [0.05, 0.1) is 17.8 Å². The summed E-state index contributed by atoms with van der Waals surface area (Å²) >= 11 is 0. The molecule has 28 heavy (non-hydrogen) atoms. The van der Waals surface area contributed by atoms with Gasteiger partial charge in [0.15, 0.2) is 0 Å². The third-order valence-corrected chi connectivity index (χ3v) is 5.06. The number of carbonyl (C=O) groups is 1. The molecule has 0 aliphatic carbocycles. The van der Waals surface area contributed by atoms with Gasteiger partial charge >= 0.3 is 0 Å². The number of rotatable bonds is 5. The number of benzene rings is 2. The number of carbonyl (C=O) groups excluding carboxylic acids is 1. The molecule has 0 spiro atoms. The van der Waals surface area contributed by atoms with E-state index in [-0.39, 0.29) is 5.91 Å². The van der Waals surface area contributed by atoms with E-state index in [1.165, 1.54) is 0 Å². The van der Waals surface area contributed by atoms with Crippen LogP contribution in [0.15, 0.2) is 48.7 Å². The van der Waals surface area contributed by atoms with Crippen molar-refractivity contribution in [3.63, 3.8) is 0 Å². The SMILES string of the molecule is CCn1ncc(CN(C)C(=O)c2ccc(-c3ccc(C#N)cc3C)cc2)c1C. The molecule has 1 aromatic heterocycles. The van der Waals surface area contributed by atoms with Crippen LogP contribution in [0.2, 0.25) is 0 Å². The molecule has 3 aromatic rings. The van der Waals surface area contributed by atoms with Crippen LogP contribution in [-0.4, -0.2) is 27.6 Å². The molecule has 0 unspecified atom stereocenters. The smallest absolute Gasteiger partial charge is 0.253 e. The van der Waals surface area contributed by atoms with Crippen molar-refractivity contribution < 1.29 is 4.79 Å². The van der Waals surface area contributed by atoms with E-state index in [9.17, 15) is 4.79 Å². The molecule has 0 aliphatic rings. The molecule has 0 atom stereocenters. The molecule has 5 nitrogen and oxygen atoms in total.